The summed E-state index contributed by atoms with van der Waals surface area (Å²) in [7, 11) is 2.52. The molecule has 2 aromatic rings. The van der Waals surface area contributed by atoms with Crippen molar-refractivity contribution in [3.8, 4) is 0 Å². The van der Waals surface area contributed by atoms with Gasteiger partial charge in [0.15, 0.2) is 0 Å². The van der Waals surface area contributed by atoms with Crippen LogP contribution in [0.25, 0.3) is 0 Å². The average Bonchev–Trinajstić information content (AvgIpc) is 2.78. The third-order valence-electron chi connectivity index (χ3n) is 5.46. The first-order valence-electron chi connectivity index (χ1n) is 10.3. The molecule has 3 rings (SSSR count). The van der Waals surface area contributed by atoms with Crippen LogP contribution in [0.2, 0.25) is 0 Å². The van der Waals surface area contributed by atoms with Crippen LogP contribution in [0.3, 0.4) is 0 Å². The predicted molar refractivity (Wildman–Crippen MR) is 117 cm³/mol. The number of anilines is 1. The fraction of sp³-hybridized carbons (Fsp3) is 0.375. The Morgan fingerprint density at radius 1 is 1.00 bits per heavy atom. The van der Waals surface area contributed by atoms with E-state index in [0.717, 1.165) is 25.2 Å². The van der Waals surface area contributed by atoms with E-state index in [9.17, 15) is 14.4 Å². The number of methoxy groups -OCH3 is 2. The summed E-state index contributed by atoms with van der Waals surface area (Å²) in [6.45, 7) is 5.33. The molecule has 1 saturated heterocycles. The highest BCUT2D eigenvalue weighted by molar-refractivity contribution is 6.09. The van der Waals surface area contributed by atoms with Crippen molar-refractivity contribution in [3.63, 3.8) is 0 Å². The Bertz CT molecular complexity index is 955. The van der Waals surface area contributed by atoms with Crippen molar-refractivity contribution >= 4 is 23.5 Å². The Kier molecular flexibility index (Phi) is 7.41. The highest BCUT2D eigenvalue weighted by Gasteiger charge is 2.19. The molecule has 2 aromatic carbocycles. The summed E-state index contributed by atoms with van der Waals surface area (Å²) in [6, 6.07) is 11.7. The lowest BCUT2D eigenvalue weighted by Crippen LogP contribution is -2.33. The number of nitrogens with zero attached hydrogens (tertiary/aromatic N) is 1. The molecule has 0 radical (unpaired) electrons. The molecule has 0 aromatic heterocycles. The molecule has 7 nitrogen and oxygen atoms in total. The van der Waals surface area contributed by atoms with Gasteiger partial charge in [-0.2, -0.15) is 0 Å². The SMILES string of the molecule is COC(=O)c1ccc(C(=O)OC)c(NC(=O)c2ccc(CN3CCC[C@H](C)C3)cc2)c1. The van der Waals surface area contributed by atoms with Gasteiger partial charge < -0.3 is 14.8 Å². The van der Waals surface area contributed by atoms with Gasteiger partial charge >= 0.3 is 11.9 Å². The summed E-state index contributed by atoms with van der Waals surface area (Å²) in [5.74, 6) is -0.852. The lowest BCUT2D eigenvalue weighted by molar-refractivity contribution is 0.0587. The normalized spacial score (nSPS) is 16.4. The number of likely N-dealkylation sites (tertiary alicyclic amines) is 1. The number of carbonyl (C=O) groups excluding carboxylic acids is 3. The molecular formula is C24H28N2O5. The molecule has 0 unspecified atom stereocenters. The molecule has 31 heavy (non-hydrogen) atoms. The summed E-state index contributed by atoms with van der Waals surface area (Å²) >= 11 is 0. The van der Waals surface area contributed by atoms with Crippen LogP contribution in [0.15, 0.2) is 42.5 Å². The molecule has 0 bridgehead atoms. The van der Waals surface area contributed by atoms with Crippen molar-refractivity contribution in [1.82, 2.24) is 4.90 Å². The molecule has 164 valence electrons. The lowest BCUT2D eigenvalue weighted by Gasteiger charge is -2.30. The van der Waals surface area contributed by atoms with Crippen LogP contribution < -0.4 is 5.32 Å². The molecule has 1 fully saturated rings. The number of amides is 1. The lowest BCUT2D eigenvalue weighted by atomic mass is 9.99. The van der Waals surface area contributed by atoms with E-state index < -0.39 is 11.9 Å². The van der Waals surface area contributed by atoms with Gasteiger partial charge in [0.1, 0.15) is 0 Å². The third kappa shape index (κ3) is 5.70. The van der Waals surface area contributed by atoms with Crippen LogP contribution in [0.1, 0.15) is 56.4 Å². The number of hydrogen-bond donors (Lipinski definition) is 1. The quantitative estimate of drug-likeness (QED) is 0.711. The van der Waals surface area contributed by atoms with Crippen molar-refractivity contribution in [1.29, 1.82) is 0 Å². The number of esters is 2. The maximum atomic E-state index is 12.8. The van der Waals surface area contributed by atoms with Gasteiger partial charge in [-0.3, -0.25) is 9.69 Å². The minimum atomic E-state index is -0.613. The second-order valence-corrected chi connectivity index (χ2v) is 7.88. The van der Waals surface area contributed by atoms with Gasteiger partial charge in [-0.1, -0.05) is 19.1 Å². The zero-order valence-corrected chi connectivity index (χ0v) is 18.1. The molecule has 0 aliphatic carbocycles. The van der Waals surface area contributed by atoms with E-state index in [1.54, 1.807) is 12.1 Å². The molecule has 1 aliphatic rings. The highest BCUT2D eigenvalue weighted by Crippen LogP contribution is 2.22. The summed E-state index contributed by atoms with van der Waals surface area (Å²) in [5.41, 5.74) is 2.16. The van der Waals surface area contributed by atoms with E-state index >= 15 is 0 Å². The minimum absolute atomic E-state index is 0.152. The minimum Gasteiger partial charge on any atom is -0.465 e. The van der Waals surface area contributed by atoms with Crippen LogP contribution in [-0.4, -0.2) is 50.1 Å². The molecule has 1 amide bonds. The van der Waals surface area contributed by atoms with E-state index in [2.05, 4.69) is 17.1 Å². The Labute approximate surface area is 182 Å². The Hall–Kier alpha value is -3.19. The number of piperidine rings is 1. The van der Waals surface area contributed by atoms with Crippen LogP contribution >= 0.6 is 0 Å². The van der Waals surface area contributed by atoms with Gasteiger partial charge in [-0.05, 0) is 61.2 Å². The monoisotopic (exact) mass is 424 g/mol. The van der Waals surface area contributed by atoms with Crippen molar-refractivity contribution in [2.45, 2.75) is 26.3 Å². The van der Waals surface area contributed by atoms with E-state index in [4.69, 9.17) is 9.47 Å². The number of ether oxygens (including phenoxy) is 2. The number of carbonyl (C=O) groups is 3. The zero-order chi connectivity index (χ0) is 22.4. The standard InChI is InChI=1S/C24H28N2O5/c1-16-5-4-12-26(14-16)15-17-6-8-18(9-7-17)22(27)25-21-13-19(23(28)30-2)10-11-20(21)24(29)31-3/h6-11,13,16H,4-5,12,14-15H2,1-3H3,(H,25,27)/t16-/m0/s1. The number of benzene rings is 2. The molecule has 0 spiro atoms. The first kappa shape index (κ1) is 22.5. The molecular weight excluding hydrogens is 396 g/mol. The highest BCUT2D eigenvalue weighted by atomic mass is 16.5. The van der Waals surface area contributed by atoms with Crippen LogP contribution in [0, 0.1) is 5.92 Å². The molecule has 1 heterocycles. The molecule has 1 aliphatic heterocycles. The molecule has 0 saturated carbocycles. The Balaban J connectivity index is 1.74. The summed E-state index contributed by atoms with van der Waals surface area (Å²) in [4.78, 5) is 39.1. The first-order valence-corrected chi connectivity index (χ1v) is 10.3. The number of rotatable bonds is 6. The van der Waals surface area contributed by atoms with Crippen LogP contribution in [0.4, 0.5) is 5.69 Å². The second kappa shape index (κ2) is 10.2. The maximum Gasteiger partial charge on any atom is 0.339 e. The van der Waals surface area contributed by atoms with Gasteiger partial charge in [0, 0.05) is 18.7 Å². The van der Waals surface area contributed by atoms with E-state index in [0.29, 0.717) is 11.5 Å². The molecule has 1 N–H and O–H groups in total. The average molecular weight is 424 g/mol. The fourth-order valence-corrected chi connectivity index (χ4v) is 3.82. The number of hydrogen-bond acceptors (Lipinski definition) is 6. The van der Waals surface area contributed by atoms with E-state index in [1.165, 1.54) is 45.3 Å². The van der Waals surface area contributed by atoms with Gasteiger partial charge in [0.05, 0.1) is 31.0 Å². The topological polar surface area (TPSA) is 84.9 Å². The molecule has 7 heteroatoms. The van der Waals surface area contributed by atoms with E-state index in [-0.39, 0.29) is 22.7 Å². The van der Waals surface area contributed by atoms with Crippen molar-refractivity contribution < 1.29 is 23.9 Å². The Morgan fingerprint density at radius 2 is 1.68 bits per heavy atom. The van der Waals surface area contributed by atoms with Gasteiger partial charge in [0.25, 0.3) is 5.91 Å². The summed E-state index contributed by atoms with van der Waals surface area (Å²) in [5, 5.41) is 2.71. The first-order chi connectivity index (χ1) is 14.9. The molecule has 1 atom stereocenters. The van der Waals surface area contributed by atoms with Crippen molar-refractivity contribution in [2.24, 2.45) is 5.92 Å². The smallest absolute Gasteiger partial charge is 0.339 e. The van der Waals surface area contributed by atoms with Gasteiger partial charge in [-0.25, -0.2) is 9.59 Å². The largest absolute Gasteiger partial charge is 0.465 e. The van der Waals surface area contributed by atoms with Crippen molar-refractivity contribution in [3.05, 3.63) is 64.7 Å². The van der Waals surface area contributed by atoms with Crippen LogP contribution in [-0.2, 0) is 16.0 Å². The van der Waals surface area contributed by atoms with Gasteiger partial charge in [-0.15, -0.1) is 0 Å². The fourth-order valence-electron chi connectivity index (χ4n) is 3.82. The van der Waals surface area contributed by atoms with Crippen LogP contribution in [0.5, 0.6) is 0 Å². The summed E-state index contributed by atoms with van der Waals surface area (Å²) < 4.78 is 9.49. The van der Waals surface area contributed by atoms with E-state index in [1.807, 2.05) is 12.1 Å². The van der Waals surface area contributed by atoms with Crippen molar-refractivity contribution in [2.75, 3.05) is 32.6 Å². The second-order valence-electron chi connectivity index (χ2n) is 7.88. The zero-order valence-electron chi connectivity index (χ0n) is 18.1. The predicted octanol–water partition coefficient (Wildman–Crippen LogP) is 3.74. The third-order valence-corrected chi connectivity index (χ3v) is 5.46. The Morgan fingerprint density at radius 3 is 2.32 bits per heavy atom. The summed E-state index contributed by atoms with van der Waals surface area (Å²) in [6.07, 6.45) is 2.50. The maximum absolute atomic E-state index is 12.8. The van der Waals surface area contributed by atoms with Gasteiger partial charge in [0.2, 0.25) is 0 Å². The number of nitrogens with one attached hydrogen (secondary N) is 1.